The van der Waals surface area contributed by atoms with Gasteiger partial charge in [-0.05, 0) is 5.16 Å². The predicted octanol–water partition coefficient (Wildman–Crippen LogP) is 0.526. The molecule has 1 aromatic rings. The molecule has 0 saturated carbocycles. The van der Waals surface area contributed by atoms with Gasteiger partial charge in [-0.3, -0.25) is 0 Å². The van der Waals surface area contributed by atoms with Crippen LogP contribution in [-0.4, -0.2) is 10.4 Å². The van der Waals surface area contributed by atoms with E-state index in [9.17, 15) is 0 Å². The highest BCUT2D eigenvalue weighted by Gasteiger charge is 1.89. The number of rotatable bonds is 1. The van der Waals surface area contributed by atoms with Gasteiger partial charge in [-0.2, -0.15) is 0 Å². The third-order valence-corrected chi connectivity index (χ3v) is 0.508. The van der Waals surface area contributed by atoms with Crippen molar-refractivity contribution >= 4 is 0 Å². The molecule has 0 aliphatic rings. The molecule has 4 heteroatoms. The van der Waals surface area contributed by atoms with Gasteiger partial charge >= 0.3 is 0 Å². The van der Waals surface area contributed by atoms with Gasteiger partial charge in [0.1, 0.15) is 6.26 Å². The number of aromatic nitrogens is 1. The number of nitrogens with zero attached hydrogens (tertiary/aromatic N) is 1. The van der Waals surface area contributed by atoms with Crippen LogP contribution in [0.4, 0.5) is 0 Å². The molecular formula is C3H3NO3. The highest BCUT2D eigenvalue weighted by molar-refractivity contribution is 4.99. The van der Waals surface area contributed by atoms with E-state index in [4.69, 9.17) is 5.26 Å². The van der Waals surface area contributed by atoms with Crippen molar-refractivity contribution in [1.29, 1.82) is 0 Å². The molecular weight excluding hydrogens is 98.0 g/mol. The van der Waals surface area contributed by atoms with Gasteiger partial charge in [-0.15, -0.1) is 0 Å². The Kier molecular flexibility index (Phi) is 0.953. The van der Waals surface area contributed by atoms with Gasteiger partial charge < -0.3 is 9.41 Å². The van der Waals surface area contributed by atoms with Crippen molar-refractivity contribution < 1.29 is 14.7 Å². The quantitative estimate of drug-likeness (QED) is 0.414. The lowest BCUT2D eigenvalue weighted by Crippen LogP contribution is -1.80. The van der Waals surface area contributed by atoms with Crippen LogP contribution < -0.4 is 4.89 Å². The van der Waals surface area contributed by atoms with Crippen molar-refractivity contribution in [3.63, 3.8) is 0 Å². The zero-order valence-corrected chi connectivity index (χ0v) is 3.37. The molecule has 1 heterocycles. The first kappa shape index (κ1) is 4.14. The molecule has 0 unspecified atom stereocenters. The fourth-order valence-electron chi connectivity index (χ4n) is 0.249. The van der Waals surface area contributed by atoms with Crippen LogP contribution >= 0.6 is 0 Å². The summed E-state index contributed by atoms with van der Waals surface area (Å²) in [6, 6.07) is 1.39. The summed E-state index contributed by atoms with van der Waals surface area (Å²) in [5.41, 5.74) is 0. The van der Waals surface area contributed by atoms with Crippen LogP contribution in [0.1, 0.15) is 0 Å². The zero-order valence-electron chi connectivity index (χ0n) is 3.37. The second-order valence-corrected chi connectivity index (χ2v) is 0.929. The molecule has 0 fully saturated rings. The lowest BCUT2D eigenvalue weighted by Gasteiger charge is -1.79. The van der Waals surface area contributed by atoms with Gasteiger partial charge in [-0.25, -0.2) is 5.26 Å². The van der Waals surface area contributed by atoms with Gasteiger partial charge in [-0.1, -0.05) is 0 Å². The Morgan fingerprint density at radius 3 is 3.00 bits per heavy atom. The molecule has 0 saturated heterocycles. The second kappa shape index (κ2) is 1.61. The first-order valence-corrected chi connectivity index (χ1v) is 1.65. The molecule has 0 aliphatic heterocycles. The normalized spacial score (nSPS) is 8.71. The van der Waals surface area contributed by atoms with Gasteiger partial charge in [0.15, 0.2) is 0 Å². The molecule has 0 spiro atoms. The SMILES string of the molecule is OOc1ccon1. The first-order valence-electron chi connectivity index (χ1n) is 1.65. The maximum absolute atomic E-state index is 7.80. The highest BCUT2D eigenvalue weighted by Crippen LogP contribution is 2.00. The van der Waals surface area contributed by atoms with E-state index in [1.165, 1.54) is 12.3 Å². The minimum Gasteiger partial charge on any atom is -0.361 e. The zero-order chi connectivity index (χ0) is 5.11. The van der Waals surface area contributed by atoms with E-state index in [1.807, 2.05) is 0 Å². The lowest BCUT2D eigenvalue weighted by atomic mass is 10.7. The van der Waals surface area contributed by atoms with E-state index in [0.717, 1.165) is 0 Å². The summed E-state index contributed by atoms with van der Waals surface area (Å²) in [4.78, 5) is 3.65. The maximum atomic E-state index is 7.80. The third-order valence-electron chi connectivity index (χ3n) is 0.508. The highest BCUT2D eigenvalue weighted by atomic mass is 17.1. The van der Waals surface area contributed by atoms with Crippen molar-refractivity contribution in [2.24, 2.45) is 0 Å². The molecule has 1 rings (SSSR count). The summed E-state index contributed by atoms with van der Waals surface area (Å²) < 4.78 is 4.27. The van der Waals surface area contributed by atoms with Crippen molar-refractivity contribution in [2.75, 3.05) is 0 Å². The summed E-state index contributed by atoms with van der Waals surface area (Å²) in [5.74, 6) is 0.0694. The van der Waals surface area contributed by atoms with Crippen LogP contribution in [-0.2, 0) is 0 Å². The standard InChI is InChI=1S/C3H3NO3/c5-7-3-1-2-6-4-3/h1-2,5H. The van der Waals surface area contributed by atoms with E-state index < -0.39 is 0 Å². The fourth-order valence-corrected chi connectivity index (χ4v) is 0.249. The van der Waals surface area contributed by atoms with Crippen molar-refractivity contribution in [3.8, 4) is 5.88 Å². The predicted molar refractivity (Wildman–Crippen MR) is 19.8 cm³/mol. The molecule has 38 valence electrons. The molecule has 1 aromatic heterocycles. The van der Waals surface area contributed by atoms with E-state index in [0.29, 0.717) is 0 Å². The molecule has 0 amide bonds. The molecule has 0 atom stereocenters. The Morgan fingerprint density at radius 1 is 1.86 bits per heavy atom. The monoisotopic (exact) mass is 101 g/mol. The Bertz CT molecular complexity index is 125. The van der Waals surface area contributed by atoms with Crippen LogP contribution in [0.3, 0.4) is 0 Å². The minimum absolute atomic E-state index is 0.0694. The van der Waals surface area contributed by atoms with Gasteiger partial charge in [0.2, 0.25) is 0 Å². The number of hydrogen-bond donors (Lipinski definition) is 1. The smallest absolute Gasteiger partial charge is 0.294 e. The minimum atomic E-state index is 0.0694. The van der Waals surface area contributed by atoms with E-state index >= 15 is 0 Å². The molecule has 0 radical (unpaired) electrons. The van der Waals surface area contributed by atoms with Gasteiger partial charge in [0.25, 0.3) is 5.88 Å². The molecule has 0 aromatic carbocycles. The summed E-state index contributed by atoms with van der Waals surface area (Å²) in [6.07, 6.45) is 1.30. The summed E-state index contributed by atoms with van der Waals surface area (Å²) >= 11 is 0. The summed E-state index contributed by atoms with van der Waals surface area (Å²) in [6.45, 7) is 0. The van der Waals surface area contributed by atoms with Crippen LogP contribution in [0.15, 0.2) is 16.9 Å². The summed E-state index contributed by atoms with van der Waals surface area (Å²) in [5, 5.41) is 11.0. The Labute approximate surface area is 39.2 Å². The lowest BCUT2D eigenvalue weighted by molar-refractivity contribution is -0.143. The van der Waals surface area contributed by atoms with E-state index in [-0.39, 0.29) is 5.88 Å². The van der Waals surface area contributed by atoms with Crippen LogP contribution in [0.25, 0.3) is 0 Å². The van der Waals surface area contributed by atoms with Crippen LogP contribution in [0.5, 0.6) is 5.88 Å². The van der Waals surface area contributed by atoms with Gasteiger partial charge in [0.05, 0.1) is 0 Å². The van der Waals surface area contributed by atoms with E-state index in [1.54, 1.807) is 0 Å². The van der Waals surface area contributed by atoms with E-state index in [2.05, 4.69) is 14.6 Å². The molecule has 1 N–H and O–H groups in total. The van der Waals surface area contributed by atoms with Crippen LogP contribution in [0.2, 0.25) is 0 Å². The van der Waals surface area contributed by atoms with Gasteiger partial charge in [0, 0.05) is 6.07 Å². The average molecular weight is 101 g/mol. The third kappa shape index (κ3) is 0.690. The Morgan fingerprint density at radius 2 is 2.71 bits per heavy atom. The average Bonchev–Trinajstić information content (AvgIpc) is 2.14. The van der Waals surface area contributed by atoms with Crippen LogP contribution in [0, 0.1) is 0 Å². The van der Waals surface area contributed by atoms with Crippen molar-refractivity contribution in [2.45, 2.75) is 0 Å². The summed E-state index contributed by atoms with van der Waals surface area (Å²) in [7, 11) is 0. The molecule has 0 bridgehead atoms. The van der Waals surface area contributed by atoms with Crippen molar-refractivity contribution in [3.05, 3.63) is 12.3 Å². The maximum Gasteiger partial charge on any atom is 0.294 e. The first-order chi connectivity index (χ1) is 3.43. The molecule has 0 aliphatic carbocycles. The molecule has 4 nitrogen and oxygen atoms in total. The van der Waals surface area contributed by atoms with Crippen molar-refractivity contribution in [1.82, 2.24) is 5.16 Å². The fraction of sp³-hybridized carbons (Fsp3) is 0. The topological polar surface area (TPSA) is 55.5 Å². The number of hydrogen-bond acceptors (Lipinski definition) is 4. The molecule has 7 heavy (non-hydrogen) atoms. The largest absolute Gasteiger partial charge is 0.361 e. The Hall–Kier alpha value is -1.03. The Balaban J connectivity index is 2.76. The second-order valence-electron chi connectivity index (χ2n) is 0.929.